The first-order valence-corrected chi connectivity index (χ1v) is 10.1. The summed E-state index contributed by atoms with van der Waals surface area (Å²) in [5, 5.41) is 3.13. The van der Waals surface area contributed by atoms with Gasteiger partial charge in [-0.2, -0.15) is 0 Å². The molecule has 1 aliphatic rings. The second kappa shape index (κ2) is 8.05. The Morgan fingerprint density at radius 1 is 1.21 bits per heavy atom. The molecule has 3 aromatic rings. The highest BCUT2D eigenvalue weighted by molar-refractivity contribution is 5.81. The lowest BCUT2D eigenvalue weighted by Crippen LogP contribution is -2.30. The zero-order valence-electron chi connectivity index (χ0n) is 16.5. The molecule has 1 amide bonds. The van der Waals surface area contributed by atoms with Gasteiger partial charge in [0.25, 0.3) is 0 Å². The van der Waals surface area contributed by atoms with Gasteiger partial charge in [-0.15, -0.1) is 0 Å². The monoisotopic (exact) mass is 377 g/mol. The number of hydrogen-bond donors (Lipinski definition) is 1. The van der Waals surface area contributed by atoms with Crippen molar-refractivity contribution in [2.45, 2.75) is 45.7 Å². The lowest BCUT2D eigenvalue weighted by molar-refractivity contribution is -0.123. The van der Waals surface area contributed by atoms with Gasteiger partial charge in [0.05, 0.1) is 23.7 Å². The molecule has 5 nitrogen and oxygen atoms in total. The van der Waals surface area contributed by atoms with Gasteiger partial charge in [-0.1, -0.05) is 29.8 Å². The highest BCUT2D eigenvalue weighted by Gasteiger charge is 2.31. The quantitative estimate of drug-likeness (QED) is 0.592. The fraction of sp³-hybridized carbons (Fsp3) is 0.391. The summed E-state index contributed by atoms with van der Waals surface area (Å²) in [6.07, 6.45) is 2.88. The van der Waals surface area contributed by atoms with Crippen LogP contribution < -0.4 is 10.1 Å². The van der Waals surface area contributed by atoms with Gasteiger partial charge in [0.1, 0.15) is 11.6 Å². The summed E-state index contributed by atoms with van der Waals surface area (Å²) in [6, 6.07) is 16.1. The van der Waals surface area contributed by atoms with E-state index in [-0.39, 0.29) is 17.9 Å². The summed E-state index contributed by atoms with van der Waals surface area (Å²) in [6.45, 7) is 5.52. The van der Waals surface area contributed by atoms with Crippen LogP contribution in [0.25, 0.3) is 11.0 Å². The molecule has 0 saturated heterocycles. The minimum Gasteiger partial charge on any atom is -0.494 e. The van der Waals surface area contributed by atoms with Crippen LogP contribution in [0, 0.1) is 12.8 Å². The van der Waals surface area contributed by atoms with Gasteiger partial charge in [-0.3, -0.25) is 4.79 Å². The first-order valence-electron chi connectivity index (χ1n) is 10.1. The number of ether oxygens (including phenoxy) is 1. The molecule has 28 heavy (non-hydrogen) atoms. The fourth-order valence-electron chi connectivity index (χ4n) is 3.45. The number of rotatable bonds is 8. The number of aryl methyl sites for hydroxylation is 2. The molecule has 0 aliphatic heterocycles. The summed E-state index contributed by atoms with van der Waals surface area (Å²) < 4.78 is 8.09. The molecule has 1 unspecified atom stereocenters. The smallest absolute Gasteiger partial charge is 0.223 e. The van der Waals surface area contributed by atoms with Crippen LogP contribution in [-0.4, -0.2) is 22.1 Å². The van der Waals surface area contributed by atoms with E-state index in [1.807, 2.05) is 37.3 Å². The van der Waals surface area contributed by atoms with Gasteiger partial charge in [0, 0.05) is 12.5 Å². The summed E-state index contributed by atoms with van der Waals surface area (Å²) >= 11 is 0. The Balaban J connectivity index is 1.45. The predicted octanol–water partition coefficient (Wildman–Crippen LogP) is 4.40. The fourth-order valence-corrected chi connectivity index (χ4v) is 3.45. The number of carbonyl (C=O) groups is 1. The number of carbonyl (C=O) groups excluding carboxylic acids is 1. The molecule has 1 aromatic heterocycles. The number of amides is 1. The van der Waals surface area contributed by atoms with E-state index in [1.54, 1.807) is 0 Å². The van der Waals surface area contributed by atoms with Crippen molar-refractivity contribution in [2.75, 3.05) is 6.61 Å². The molecule has 1 saturated carbocycles. The molecular weight excluding hydrogens is 350 g/mol. The topological polar surface area (TPSA) is 56.1 Å². The molecule has 5 heteroatoms. The molecule has 4 rings (SSSR count). The Labute approximate surface area is 165 Å². The van der Waals surface area contributed by atoms with Gasteiger partial charge in [0.2, 0.25) is 5.91 Å². The molecule has 1 atom stereocenters. The van der Waals surface area contributed by atoms with Gasteiger partial charge < -0.3 is 14.6 Å². The Kier molecular flexibility index (Phi) is 5.33. The molecule has 1 N–H and O–H groups in total. The minimum absolute atomic E-state index is 0.112. The molecule has 1 aliphatic carbocycles. The number of hydrogen-bond acceptors (Lipinski definition) is 3. The van der Waals surface area contributed by atoms with Crippen LogP contribution in [0.4, 0.5) is 0 Å². The number of para-hydroxylation sites is 2. The van der Waals surface area contributed by atoms with E-state index in [9.17, 15) is 4.79 Å². The number of fused-ring (bicyclic) bond motifs is 1. The van der Waals surface area contributed by atoms with E-state index in [2.05, 4.69) is 35.0 Å². The molecule has 0 bridgehead atoms. The van der Waals surface area contributed by atoms with Gasteiger partial charge in [-0.25, -0.2) is 4.98 Å². The maximum Gasteiger partial charge on any atom is 0.223 e. The summed E-state index contributed by atoms with van der Waals surface area (Å²) in [7, 11) is 0. The van der Waals surface area contributed by atoms with Crippen molar-refractivity contribution in [2.24, 2.45) is 5.92 Å². The Morgan fingerprint density at radius 3 is 2.71 bits per heavy atom. The third-order valence-corrected chi connectivity index (χ3v) is 5.19. The molecule has 0 spiro atoms. The molecule has 0 radical (unpaired) electrons. The zero-order chi connectivity index (χ0) is 19.5. The number of imidazole rings is 1. The summed E-state index contributed by atoms with van der Waals surface area (Å²) in [5.74, 6) is 2.15. The number of nitrogens with one attached hydrogen (secondary N) is 1. The number of aromatic nitrogens is 2. The van der Waals surface area contributed by atoms with Crippen molar-refractivity contribution in [1.29, 1.82) is 0 Å². The lowest BCUT2D eigenvalue weighted by Gasteiger charge is -2.16. The molecule has 1 heterocycles. The maximum absolute atomic E-state index is 12.2. The molecular formula is C23H27N3O2. The van der Waals surface area contributed by atoms with Crippen molar-refractivity contribution in [3.05, 3.63) is 59.9 Å². The van der Waals surface area contributed by atoms with Crippen molar-refractivity contribution in [3.63, 3.8) is 0 Å². The Morgan fingerprint density at radius 2 is 1.96 bits per heavy atom. The van der Waals surface area contributed by atoms with Gasteiger partial charge in [0.15, 0.2) is 0 Å². The Hall–Kier alpha value is -2.82. The van der Waals surface area contributed by atoms with Gasteiger partial charge >= 0.3 is 0 Å². The van der Waals surface area contributed by atoms with E-state index in [1.165, 1.54) is 5.56 Å². The first kappa shape index (κ1) is 18.5. The third kappa shape index (κ3) is 4.19. The number of nitrogens with zero attached hydrogens (tertiary/aromatic N) is 2. The van der Waals surface area contributed by atoms with Crippen LogP contribution >= 0.6 is 0 Å². The van der Waals surface area contributed by atoms with Crippen LogP contribution in [-0.2, 0) is 11.3 Å². The largest absolute Gasteiger partial charge is 0.494 e. The SMILES string of the molecule is Cc1ccc(OCCCn2c(C(C)NC(=O)C3CC3)nc3ccccc32)cc1. The van der Waals surface area contributed by atoms with E-state index in [4.69, 9.17) is 9.72 Å². The summed E-state index contributed by atoms with van der Waals surface area (Å²) in [5.41, 5.74) is 3.29. The molecule has 1 fully saturated rings. The molecule has 2 aromatic carbocycles. The highest BCUT2D eigenvalue weighted by atomic mass is 16.5. The maximum atomic E-state index is 12.2. The van der Waals surface area contributed by atoms with Crippen molar-refractivity contribution >= 4 is 16.9 Å². The minimum atomic E-state index is -0.112. The normalized spacial score (nSPS) is 14.8. The van der Waals surface area contributed by atoms with Crippen LogP contribution in [0.3, 0.4) is 0 Å². The van der Waals surface area contributed by atoms with Gasteiger partial charge in [-0.05, 0) is 57.4 Å². The standard InChI is InChI=1S/C23H27N3O2/c1-16-8-12-19(13-9-16)28-15-5-14-26-21-7-4-3-6-20(21)25-22(26)17(2)24-23(27)18-10-11-18/h3-4,6-9,12-13,17-18H,5,10-11,14-15H2,1-2H3,(H,24,27). The Bertz CT molecular complexity index is 958. The second-order valence-corrected chi connectivity index (χ2v) is 7.63. The van der Waals surface area contributed by atoms with Crippen molar-refractivity contribution in [3.8, 4) is 5.75 Å². The van der Waals surface area contributed by atoms with Crippen LogP contribution in [0.2, 0.25) is 0 Å². The first-order chi connectivity index (χ1) is 13.6. The van der Waals surface area contributed by atoms with Crippen molar-refractivity contribution in [1.82, 2.24) is 14.9 Å². The van der Waals surface area contributed by atoms with Crippen LogP contribution in [0.15, 0.2) is 48.5 Å². The summed E-state index contributed by atoms with van der Waals surface area (Å²) in [4.78, 5) is 17.0. The van der Waals surface area contributed by atoms with Crippen molar-refractivity contribution < 1.29 is 9.53 Å². The zero-order valence-corrected chi connectivity index (χ0v) is 16.5. The van der Waals surface area contributed by atoms with Crippen LogP contribution in [0.5, 0.6) is 5.75 Å². The van der Waals surface area contributed by atoms with E-state index in [0.717, 1.165) is 48.4 Å². The average Bonchev–Trinajstić information content (AvgIpc) is 3.48. The predicted molar refractivity (Wildman–Crippen MR) is 110 cm³/mol. The van der Waals surface area contributed by atoms with E-state index >= 15 is 0 Å². The molecule has 146 valence electrons. The lowest BCUT2D eigenvalue weighted by atomic mass is 10.2. The number of benzene rings is 2. The second-order valence-electron chi connectivity index (χ2n) is 7.63. The van der Waals surface area contributed by atoms with Crippen LogP contribution in [0.1, 0.15) is 43.6 Å². The average molecular weight is 377 g/mol. The third-order valence-electron chi connectivity index (χ3n) is 5.19. The highest BCUT2D eigenvalue weighted by Crippen LogP contribution is 2.30. The van der Waals surface area contributed by atoms with E-state index < -0.39 is 0 Å². The van der Waals surface area contributed by atoms with E-state index in [0.29, 0.717) is 6.61 Å².